The minimum Gasteiger partial charge on any atom is -0.444 e. The topological polar surface area (TPSA) is 70.7 Å². The first-order chi connectivity index (χ1) is 11.6. The number of ether oxygens (including phenoxy) is 1. The van der Waals surface area contributed by atoms with Gasteiger partial charge in [0.15, 0.2) is 0 Å². The summed E-state index contributed by atoms with van der Waals surface area (Å²) in [6.07, 6.45) is 0.824. The number of hydrogen-bond donors (Lipinski definition) is 2. The number of halogens is 2. The molecule has 0 radical (unpaired) electrons. The Kier molecular flexibility index (Phi) is 6.11. The molecule has 1 aliphatic heterocycles. The summed E-state index contributed by atoms with van der Waals surface area (Å²) >= 11 is 5.70. The van der Waals surface area contributed by atoms with Gasteiger partial charge < -0.3 is 20.3 Å². The average molecular weight is 372 g/mol. The van der Waals surface area contributed by atoms with Gasteiger partial charge in [0.05, 0.1) is 5.02 Å². The van der Waals surface area contributed by atoms with Crippen LogP contribution in [0.2, 0.25) is 5.02 Å². The molecule has 6 nitrogen and oxygen atoms in total. The lowest BCUT2D eigenvalue weighted by Gasteiger charge is -2.32. The summed E-state index contributed by atoms with van der Waals surface area (Å²) in [5.74, 6) is -0.534. The molecule has 0 saturated carbocycles. The van der Waals surface area contributed by atoms with Crippen LogP contribution in [0.25, 0.3) is 0 Å². The zero-order valence-electron chi connectivity index (χ0n) is 14.6. The maximum Gasteiger partial charge on any atom is 0.407 e. The Morgan fingerprint density at radius 3 is 2.48 bits per heavy atom. The number of nitrogens with one attached hydrogen (secondary N) is 2. The Hall–Kier alpha value is -2.02. The molecule has 3 amide bonds. The molecule has 1 aromatic carbocycles. The summed E-state index contributed by atoms with van der Waals surface area (Å²) in [5.41, 5.74) is -0.105. The molecule has 1 aromatic rings. The van der Waals surface area contributed by atoms with Crippen molar-refractivity contribution in [3.05, 3.63) is 29.0 Å². The number of anilines is 1. The van der Waals surface area contributed by atoms with Crippen molar-refractivity contribution in [1.29, 1.82) is 0 Å². The smallest absolute Gasteiger partial charge is 0.407 e. The fraction of sp³-hybridized carbons (Fsp3) is 0.529. The van der Waals surface area contributed by atoms with E-state index in [9.17, 15) is 14.0 Å². The molecule has 1 saturated heterocycles. The van der Waals surface area contributed by atoms with Crippen molar-refractivity contribution in [3.8, 4) is 0 Å². The van der Waals surface area contributed by atoms with Crippen LogP contribution in [0.5, 0.6) is 0 Å². The first-order valence-corrected chi connectivity index (χ1v) is 8.52. The Bertz CT molecular complexity index is 641. The third-order valence-electron chi connectivity index (χ3n) is 3.67. The molecule has 0 atom stereocenters. The van der Waals surface area contributed by atoms with Gasteiger partial charge in [-0.15, -0.1) is 0 Å². The van der Waals surface area contributed by atoms with Gasteiger partial charge in [0.2, 0.25) is 0 Å². The van der Waals surface area contributed by atoms with Crippen LogP contribution in [0, 0.1) is 5.82 Å². The number of likely N-dealkylation sites (tertiary alicyclic amines) is 1. The number of piperidine rings is 1. The third kappa shape index (κ3) is 6.08. The predicted octanol–water partition coefficient (Wildman–Crippen LogP) is 4.00. The number of nitrogens with zero attached hydrogens (tertiary/aromatic N) is 1. The van der Waals surface area contributed by atoms with E-state index < -0.39 is 17.5 Å². The fourth-order valence-corrected chi connectivity index (χ4v) is 2.66. The standard InChI is InChI=1S/C17H23ClFN3O3/c1-17(2,3)25-16(24)21-11-6-8-22(9-7-11)15(23)20-12-4-5-14(19)13(18)10-12/h4-5,10-11H,6-9H2,1-3H3,(H,20,23)(H,21,24). The van der Waals surface area contributed by atoms with Crippen LogP contribution in [-0.2, 0) is 4.74 Å². The molecule has 0 unspecified atom stereocenters. The van der Waals surface area contributed by atoms with Gasteiger partial charge in [0, 0.05) is 24.8 Å². The number of rotatable bonds is 2. The van der Waals surface area contributed by atoms with E-state index in [1.54, 1.807) is 25.7 Å². The minimum atomic E-state index is -0.541. The van der Waals surface area contributed by atoms with Crippen LogP contribution in [0.1, 0.15) is 33.6 Å². The molecule has 8 heteroatoms. The van der Waals surface area contributed by atoms with E-state index in [0.29, 0.717) is 31.6 Å². The van der Waals surface area contributed by atoms with Gasteiger partial charge in [-0.2, -0.15) is 0 Å². The van der Waals surface area contributed by atoms with Crippen LogP contribution < -0.4 is 10.6 Å². The number of amides is 3. The number of alkyl carbamates (subject to hydrolysis) is 1. The van der Waals surface area contributed by atoms with Gasteiger partial charge >= 0.3 is 12.1 Å². The second kappa shape index (κ2) is 7.91. The molecular formula is C17H23ClFN3O3. The van der Waals surface area contributed by atoms with Gasteiger partial charge in [0.25, 0.3) is 0 Å². The summed E-state index contributed by atoms with van der Waals surface area (Å²) in [4.78, 5) is 25.7. The molecule has 0 aliphatic carbocycles. The maximum absolute atomic E-state index is 13.1. The molecule has 1 heterocycles. The zero-order chi connectivity index (χ0) is 18.6. The molecule has 2 rings (SSSR count). The molecule has 1 aliphatic rings. The van der Waals surface area contributed by atoms with Crippen molar-refractivity contribution < 1.29 is 18.7 Å². The molecule has 1 fully saturated rings. The number of carbonyl (C=O) groups excluding carboxylic acids is 2. The SMILES string of the molecule is CC(C)(C)OC(=O)NC1CCN(C(=O)Nc2ccc(F)c(Cl)c2)CC1. The maximum atomic E-state index is 13.1. The molecule has 138 valence electrons. The van der Waals surface area contributed by atoms with Crippen LogP contribution in [0.15, 0.2) is 18.2 Å². The molecule has 0 spiro atoms. The highest BCUT2D eigenvalue weighted by atomic mass is 35.5. The number of carbonyl (C=O) groups is 2. The Morgan fingerprint density at radius 2 is 1.92 bits per heavy atom. The Morgan fingerprint density at radius 1 is 1.28 bits per heavy atom. The van der Waals surface area contributed by atoms with Gasteiger partial charge in [-0.25, -0.2) is 14.0 Å². The van der Waals surface area contributed by atoms with E-state index in [1.165, 1.54) is 18.2 Å². The highest BCUT2D eigenvalue weighted by Gasteiger charge is 2.25. The number of hydrogen-bond acceptors (Lipinski definition) is 3. The van der Waals surface area contributed by atoms with Crippen molar-refractivity contribution in [2.45, 2.75) is 45.3 Å². The van der Waals surface area contributed by atoms with Crippen LogP contribution >= 0.6 is 11.6 Å². The lowest BCUT2D eigenvalue weighted by molar-refractivity contribution is 0.0486. The molecule has 0 bridgehead atoms. The van der Waals surface area contributed by atoms with Crippen molar-refractivity contribution in [2.24, 2.45) is 0 Å². The normalized spacial score (nSPS) is 15.6. The molecule has 2 N–H and O–H groups in total. The number of urea groups is 1. The number of benzene rings is 1. The van der Waals surface area contributed by atoms with E-state index in [2.05, 4.69) is 10.6 Å². The van der Waals surface area contributed by atoms with E-state index >= 15 is 0 Å². The largest absolute Gasteiger partial charge is 0.444 e. The quantitative estimate of drug-likeness (QED) is 0.825. The predicted molar refractivity (Wildman–Crippen MR) is 94.4 cm³/mol. The van der Waals surface area contributed by atoms with E-state index in [0.717, 1.165) is 0 Å². The second-order valence-corrected chi connectivity index (χ2v) is 7.37. The lowest BCUT2D eigenvalue weighted by atomic mass is 10.1. The van der Waals surface area contributed by atoms with Gasteiger partial charge in [0.1, 0.15) is 11.4 Å². The first-order valence-electron chi connectivity index (χ1n) is 8.14. The summed E-state index contributed by atoms with van der Waals surface area (Å²) in [6.45, 7) is 6.42. The summed E-state index contributed by atoms with van der Waals surface area (Å²) in [6, 6.07) is 3.72. The van der Waals surface area contributed by atoms with E-state index in [1.807, 2.05) is 0 Å². The fourth-order valence-electron chi connectivity index (χ4n) is 2.48. The monoisotopic (exact) mass is 371 g/mol. The second-order valence-electron chi connectivity index (χ2n) is 6.97. The van der Waals surface area contributed by atoms with Gasteiger partial charge in [-0.3, -0.25) is 0 Å². The molecular weight excluding hydrogens is 349 g/mol. The van der Waals surface area contributed by atoms with Crippen LogP contribution in [0.3, 0.4) is 0 Å². The Balaban J connectivity index is 1.80. The van der Waals surface area contributed by atoms with Crippen molar-refractivity contribution >= 4 is 29.4 Å². The summed E-state index contributed by atoms with van der Waals surface area (Å²) in [5, 5.41) is 5.47. The van der Waals surface area contributed by atoms with E-state index in [-0.39, 0.29) is 17.1 Å². The average Bonchev–Trinajstić information content (AvgIpc) is 2.49. The third-order valence-corrected chi connectivity index (χ3v) is 3.96. The highest BCUT2D eigenvalue weighted by molar-refractivity contribution is 6.31. The molecule has 25 heavy (non-hydrogen) atoms. The van der Waals surface area contributed by atoms with Crippen molar-refractivity contribution in [3.63, 3.8) is 0 Å². The van der Waals surface area contributed by atoms with Crippen molar-refractivity contribution in [2.75, 3.05) is 18.4 Å². The van der Waals surface area contributed by atoms with E-state index in [4.69, 9.17) is 16.3 Å². The minimum absolute atomic E-state index is 0.0286. The van der Waals surface area contributed by atoms with Crippen molar-refractivity contribution in [1.82, 2.24) is 10.2 Å². The first kappa shape index (κ1) is 19.3. The van der Waals surface area contributed by atoms with Crippen LogP contribution in [0.4, 0.5) is 19.7 Å². The molecule has 0 aromatic heterocycles. The lowest BCUT2D eigenvalue weighted by Crippen LogP contribution is -2.48. The van der Waals surface area contributed by atoms with Gasteiger partial charge in [-0.05, 0) is 51.8 Å². The summed E-state index contributed by atoms with van der Waals surface area (Å²) < 4.78 is 18.4. The van der Waals surface area contributed by atoms with Crippen LogP contribution in [-0.4, -0.2) is 41.8 Å². The highest BCUT2D eigenvalue weighted by Crippen LogP contribution is 2.20. The van der Waals surface area contributed by atoms with Gasteiger partial charge in [-0.1, -0.05) is 11.6 Å². The summed E-state index contributed by atoms with van der Waals surface area (Å²) in [7, 11) is 0. The Labute approximate surface area is 151 Å². The zero-order valence-corrected chi connectivity index (χ0v) is 15.3.